The van der Waals surface area contributed by atoms with Gasteiger partial charge in [0.15, 0.2) is 0 Å². The van der Waals surface area contributed by atoms with Gasteiger partial charge in [0.2, 0.25) is 11.8 Å². The highest BCUT2D eigenvalue weighted by atomic mass is 16.3. The zero-order valence-corrected chi connectivity index (χ0v) is 19.1. The van der Waals surface area contributed by atoms with Crippen molar-refractivity contribution in [2.45, 2.75) is 57.0 Å². The molecule has 2 aromatic rings. The lowest BCUT2D eigenvalue weighted by molar-refractivity contribution is -0.131. The Balaban J connectivity index is 1.22. The fourth-order valence-corrected chi connectivity index (χ4v) is 5.12. The summed E-state index contributed by atoms with van der Waals surface area (Å²) in [6.07, 6.45) is 6.93. The second-order valence-electron chi connectivity index (χ2n) is 9.56. The van der Waals surface area contributed by atoms with Crippen LogP contribution in [0.5, 0.6) is 0 Å². The Morgan fingerprint density at radius 1 is 1.19 bits per heavy atom. The summed E-state index contributed by atoms with van der Waals surface area (Å²) < 4.78 is 5.51. The minimum Gasteiger partial charge on any atom is -0.469 e. The van der Waals surface area contributed by atoms with Crippen molar-refractivity contribution in [3.63, 3.8) is 0 Å². The molecule has 2 saturated heterocycles. The fourth-order valence-electron chi connectivity index (χ4n) is 5.12. The van der Waals surface area contributed by atoms with Crippen LogP contribution in [0.4, 0.5) is 0 Å². The van der Waals surface area contributed by atoms with Crippen LogP contribution in [0, 0.1) is 5.92 Å². The van der Waals surface area contributed by atoms with Gasteiger partial charge in [-0.05, 0) is 62.4 Å². The van der Waals surface area contributed by atoms with Gasteiger partial charge in [0.1, 0.15) is 5.76 Å². The number of hydrogen-bond donors (Lipinski definition) is 1. The highest BCUT2D eigenvalue weighted by Gasteiger charge is 2.39. The number of piperidine rings is 1. The van der Waals surface area contributed by atoms with Crippen molar-refractivity contribution in [3.05, 3.63) is 60.1 Å². The van der Waals surface area contributed by atoms with Gasteiger partial charge in [-0.1, -0.05) is 30.3 Å². The predicted octanol–water partition coefficient (Wildman–Crippen LogP) is 3.62. The van der Waals surface area contributed by atoms with Gasteiger partial charge in [-0.15, -0.1) is 0 Å². The lowest BCUT2D eigenvalue weighted by Crippen LogP contribution is -2.45. The SMILES string of the molecule is CN(CC1CCN(Cc2ccccc2)CC1)C(=O)CC[C@@]1(Cc2ccco2)CCC(=O)N1. The van der Waals surface area contributed by atoms with Crippen molar-refractivity contribution in [1.82, 2.24) is 15.1 Å². The highest BCUT2D eigenvalue weighted by molar-refractivity contribution is 5.80. The number of nitrogens with zero attached hydrogens (tertiary/aromatic N) is 2. The Hall–Kier alpha value is -2.60. The maximum atomic E-state index is 12.9. The van der Waals surface area contributed by atoms with Crippen LogP contribution in [0.3, 0.4) is 0 Å². The molecule has 0 aliphatic carbocycles. The quantitative estimate of drug-likeness (QED) is 0.651. The van der Waals surface area contributed by atoms with E-state index >= 15 is 0 Å². The predicted molar refractivity (Wildman–Crippen MR) is 124 cm³/mol. The van der Waals surface area contributed by atoms with E-state index in [1.165, 1.54) is 5.56 Å². The maximum absolute atomic E-state index is 12.9. The first kappa shape index (κ1) is 22.6. The van der Waals surface area contributed by atoms with Crippen molar-refractivity contribution < 1.29 is 14.0 Å². The molecule has 1 aromatic heterocycles. The minimum absolute atomic E-state index is 0.0691. The topological polar surface area (TPSA) is 65.8 Å². The normalized spacial score (nSPS) is 22.1. The molecule has 172 valence electrons. The average molecular weight is 438 g/mol. The largest absolute Gasteiger partial charge is 0.469 e. The summed E-state index contributed by atoms with van der Waals surface area (Å²) in [6.45, 7) is 3.99. The first-order chi connectivity index (χ1) is 15.5. The Bertz CT molecular complexity index is 875. The van der Waals surface area contributed by atoms with Gasteiger partial charge in [0, 0.05) is 44.9 Å². The lowest BCUT2D eigenvalue weighted by atomic mass is 9.86. The van der Waals surface area contributed by atoms with Crippen LogP contribution in [-0.2, 0) is 22.6 Å². The standard InChI is InChI=1S/C26H35N3O3/c1-28(19-22-11-15-29(16-12-22)20-21-6-3-2-4-7-21)25(31)10-14-26(13-9-24(30)27-26)18-23-8-5-17-32-23/h2-8,17,22H,9-16,18-20H2,1H3,(H,27,30)/t26-/m1/s1. The van der Waals surface area contributed by atoms with Crippen LogP contribution >= 0.6 is 0 Å². The summed E-state index contributed by atoms with van der Waals surface area (Å²) in [4.78, 5) is 29.2. The van der Waals surface area contributed by atoms with E-state index in [1.54, 1.807) is 6.26 Å². The van der Waals surface area contributed by atoms with Crippen LogP contribution in [-0.4, -0.2) is 53.8 Å². The second kappa shape index (κ2) is 10.3. The number of carbonyl (C=O) groups is 2. The zero-order valence-electron chi connectivity index (χ0n) is 19.1. The van der Waals surface area contributed by atoms with Crippen molar-refractivity contribution in [2.24, 2.45) is 5.92 Å². The number of carbonyl (C=O) groups excluding carboxylic acids is 2. The molecule has 2 fully saturated rings. The van der Waals surface area contributed by atoms with Crippen molar-refractivity contribution >= 4 is 11.8 Å². The molecule has 1 aromatic carbocycles. The van der Waals surface area contributed by atoms with Gasteiger partial charge in [0.25, 0.3) is 0 Å². The minimum atomic E-state index is -0.367. The van der Waals surface area contributed by atoms with Gasteiger partial charge >= 0.3 is 0 Å². The smallest absolute Gasteiger partial charge is 0.222 e. The monoisotopic (exact) mass is 437 g/mol. The van der Waals surface area contributed by atoms with Gasteiger partial charge in [0.05, 0.1) is 6.26 Å². The zero-order chi connectivity index (χ0) is 22.4. The number of hydrogen-bond acceptors (Lipinski definition) is 4. The number of furan rings is 1. The Morgan fingerprint density at radius 2 is 1.97 bits per heavy atom. The summed E-state index contributed by atoms with van der Waals surface area (Å²) in [5.41, 5.74) is 0.995. The third-order valence-corrected chi connectivity index (χ3v) is 7.06. The number of nitrogens with one attached hydrogen (secondary N) is 1. The summed E-state index contributed by atoms with van der Waals surface area (Å²) >= 11 is 0. The van der Waals surface area contributed by atoms with Gasteiger partial charge in [-0.2, -0.15) is 0 Å². The van der Waals surface area contributed by atoms with Crippen LogP contribution in [0.1, 0.15) is 49.8 Å². The molecule has 0 radical (unpaired) electrons. The average Bonchev–Trinajstić information content (AvgIpc) is 3.44. The van der Waals surface area contributed by atoms with E-state index in [-0.39, 0.29) is 17.4 Å². The number of likely N-dealkylation sites (tertiary alicyclic amines) is 1. The molecule has 1 N–H and O–H groups in total. The summed E-state index contributed by atoms with van der Waals surface area (Å²) in [5, 5.41) is 3.13. The second-order valence-corrected chi connectivity index (χ2v) is 9.56. The van der Waals surface area contributed by atoms with Crippen molar-refractivity contribution in [1.29, 1.82) is 0 Å². The molecule has 3 heterocycles. The molecule has 32 heavy (non-hydrogen) atoms. The lowest BCUT2D eigenvalue weighted by Gasteiger charge is -2.34. The molecule has 6 nitrogen and oxygen atoms in total. The molecule has 1 atom stereocenters. The van der Waals surface area contributed by atoms with Crippen molar-refractivity contribution in [3.8, 4) is 0 Å². The summed E-state index contributed by atoms with van der Waals surface area (Å²) in [7, 11) is 1.92. The molecule has 2 amide bonds. The van der Waals surface area contributed by atoms with Crippen molar-refractivity contribution in [2.75, 3.05) is 26.7 Å². The molecule has 6 heteroatoms. The number of benzene rings is 1. The van der Waals surface area contributed by atoms with Gasteiger partial charge in [-0.25, -0.2) is 0 Å². The fraction of sp³-hybridized carbons (Fsp3) is 0.538. The molecular weight excluding hydrogens is 402 g/mol. The van der Waals surface area contributed by atoms with Crippen LogP contribution < -0.4 is 5.32 Å². The van der Waals surface area contributed by atoms with Gasteiger partial charge < -0.3 is 14.6 Å². The molecule has 2 aliphatic rings. The van der Waals surface area contributed by atoms with Gasteiger partial charge in [-0.3, -0.25) is 14.5 Å². The van der Waals surface area contributed by atoms with E-state index in [1.807, 2.05) is 24.1 Å². The van der Waals surface area contributed by atoms with E-state index in [0.717, 1.165) is 51.2 Å². The Morgan fingerprint density at radius 3 is 2.62 bits per heavy atom. The Kier molecular flexibility index (Phi) is 7.30. The molecular formula is C26H35N3O3. The van der Waals surface area contributed by atoms with E-state index in [9.17, 15) is 9.59 Å². The van der Waals surface area contributed by atoms with Crippen LogP contribution in [0.2, 0.25) is 0 Å². The Labute approximate surface area is 191 Å². The molecule has 0 spiro atoms. The molecule has 0 bridgehead atoms. The number of rotatable bonds is 9. The first-order valence-electron chi connectivity index (χ1n) is 11.8. The highest BCUT2D eigenvalue weighted by Crippen LogP contribution is 2.30. The molecule has 0 unspecified atom stereocenters. The third kappa shape index (κ3) is 6.00. The van der Waals surface area contributed by atoms with E-state index in [0.29, 0.717) is 31.6 Å². The number of amides is 2. The summed E-state index contributed by atoms with van der Waals surface area (Å²) in [6, 6.07) is 14.4. The van der Waals surface area contributed by atoms with E-state index in [4.69, 9.17) is 4.42 Å². The third-order valence-electron chi connectivity index (χ3n) is 7.06. The van der Waals surface area contributed by atoms with Crippen LogP contribution in [0.15, 0.2) is 53.1 Å². The maximum Gasteiger partial charge on any atom is 0.222 e. The van der Waals surface area contributed by atoms with Crippen LogP contribution in [0.25, 0.3) is 0 Å². The molecule has 0 saturated carbocycles. The van der Waals surface area contributed by atoms with E-state index < -0.39 is 0 Å². The molecule has 4 rings (SSSR count). The summed E-state index contributed by atoms with van der Waals surface area (Å²) in [5.74, 6) is 1.64. The first-order valence-corrected chi connectivity index (χ1v) is 11.8. The van der Waals surface area contributed by atoms with E-state index in [2.05, 4.69) is 40.5 Å². The molecule has 2 aliphatic heterocycles.